The van der Waals surface area contributed by atoms with Crippen molar-refractivity contribution >= 4 is 5.91 Å². The van der Waals surface area contributed by atoms with Gasteiger partial charge in [-0.1, -0.05) is 23.8 Å². The van der Waals surface area contributed by atoms with E-state index in [4.69, 9.17) is 9.47 Å². The highest BCUT2D eigenvalue weighted by molar-refractivity contribution is 5.78. The van der Waals surface area contributed by atoms with Crippen LogP contribution in [0.4, 0.5) is 0 Å². The number of morpholine rings is 1. The highest BCUT2D eigenvalue weighted by Crippen LogP contribution is 2.22. The minimum Gasteiger partial charge on any atom is -0.497 e. The molecule has 1 heterocycles. The standard InChI is InChI=1S/C20H27NO3/c1-23-18-9-5-8-17(12-18)13-19-15-21(10-11-24-19)20(22)14-16-6-3-2-4-7-16/h5-6,8-9,12,19H,2-4,7,10-11,13-15H2,1H3. The van der Waals surface area contributed by atoms with Crippen LogP contribution in [0.3, 0.4) is 0 Å². The lowest BCUT2D eigenvalue weighted by Crippen LogP contribution is -2.46. The lowest BCUT2D eigenvalue weighted by atomic mass is 9.96. The van der Waals surface area contributed by atoms with Crippen molar-refractivity contribution in [2.75, 3.05) is 26.8 Å². The van der Waals surface area contributed by atoms with Gasteiger partial charge in [-0.2, -0.15) is 0 Å². The van der Waals surface area contributed by atoms with Crippen LogP contribution in [0.1, 0.15) is 37.7 Å². The molecule has 4 heteroatoms. The molecule has 3 rings (SSSR count). The third-order valence-corrected chi connectivity index (χ3v) is 4.85. The van der Waals surface area contributed by atoms with E-state index < -0.39 is 0 Å². The Kier molecular flexibility index (Phi) is 5.91. The van der Waals surface area contributed by atoms with E-state index in [1.165, 1.54) is 24.0 Å². The average molecular weight is 329 g/mol. The smallest absolute Gasteiger partial charge is 0.226 e. The molecule has 1 aliphatic carbocycles. The molecule has 1 amide bonds. The van der Waals surface area contributed by atoms with Crippen molar-refractivity contribution in [2.24, 2.45) is 0 Å². The van der Waals surface area contributed by atoms with Crippen LogP contribution in [0.25, 0.3) is 0 Å². The number of carbonyl (C=O) groups is 1. The molecule has 1 unspecified atom stereocenters. The second-order valence-corrected chi connectivity index (χ2v) is 6.67. The minimum absolute atomic E-state index is 0.0649. The first-order chi connectivity index (χ1) is 11.7. The van der Waals surface area contributed by atoms with E-state index in [1.807, 2.05) is 23.1 Å². The Morgan fingerprint density at radius 2 is 2.29 bits per heavy atom. The number of nitrogens with zero attached hydrogens (tertiary/aromatic N) is 1. The number of hydrogen-bond acceptors (Lipinski definition) is 3. The Bertz CT molecular complexity index is 596. The number of amides is 1. The van der Waals surface area contributed by atoms with Crippen molar-refractivity contribution in [3.8, 4) is 5.75 Å². The third-order valence-electron chi connectivity index (χ3n) is 4.85. The van der Waals surface area contributed by atoms with Gasteiger partial charge in [0.05, 0.1) is 19.8 Å². The maximum Gasteiger partial charge on any atom is 0.226 e. The summed E-state index contributed by atoms with van der Waals surface area (Å²) in [5.41, 5.74) is 2.51. The highest BCUT2D eigenvalue weighted by Gasteiger charge is 2.25. The van der Waals surface area contributed by atoms with E-state index in [2.05, 4.69) is 12.1 Å². The van der Waals surface area contributed by atoms with Crippen LogP contribution in [0.5, 0.6) is 5.75 Å². The Morgan fingerprint density at radius 3 is 3.08 bits per heavy atom. The van der Waals surface area contributed by atoms with Crippen molar-refractivity contribution in [3.05, 3.63) is 41.5 Å². The number of rotatable bonds is 5. The Morgan fingerprint density at radius 1 is 1.38 bits per heavy atom. The van der Waals surface area contributed by atoms with Gasteiger partial charge in [-0.3, -0.25) is 4.79 Å². The summed E-state index contributed by atoms with van der Waals surface area (Å²) in [5.74, 6) is 1.11. The van der Waals surface area contributed by atoms with E-state index in [1.54, 1.807) is 7.11 Å². The first-order valence-corrected chi connectivity index (χ1v) is 8.95. The fourth-order valence-electron chi connectivity index (χ4n) is 3.50. The molecule has 0 N–H and O–H groups in total. The predicted octanol–water partition coefficient (Wildman–Crippen LogP) is 3.36. The van der Waals surface area contributed by atoms with Gasteiger partial charge in [0.1, 0.15) is 5.75 Å². The maximum absolute atomic E-state index is 12.6. The largest absolute Gasteiger partial charge is 0.497 e. The number of carbonyl (C=O) groups excluding carboxylic acids is 1. The number of ether oxygens (including phenoxy) is 2. The van der Waals surface area contributed by atoms with Crippen molar-refractivity contribution < 1.29 is 14.3 Å². The summed E-state index contributed by atoms with van der Waals surface area (Å²) in [4.78, 5) is 14.6. The lowest BCUT2D eigenvalue weighted by molar-refractivity contribution is -0.138. The van der Waals surface area contributed by atoms with E-state index in [-0.39, 0.29) is 12.0 Å². The summed E-state index contributed by atoms with van der Waals surface area (Å²) in [6.07, 6.45) is 8.42. The molecule has 1 atom stereocenters. The van der Waals surface area contributed by atoms with E-state index in [9.17, 15) is 4.79 Å². The zero-order chi connectivity index (χ0) is 16.8. The number of allylic oxidation sites excluding steroid dienone is 1. The molecule has 0 spiro atoms. The summed E-state index contributed by atoms with van der Waals surface area (Å²) in [7, 11) is 1.68. The molecule has 24 heavy (non-hydrogen) atoms. The topological polar surface area (TPSA) is 38.8 Å². The van der Waals surface area contributed by atoms with Crippen LogP contribution in [-0.2, 0) is 16.0 Å². The van der Waals surface area contributed by atoms with E-state index >= 15 is 0 Å². The zero-order valence-corrected chi connectivity index (χ0v) is 14.5. The third kappa shape index (κ3) is 4.60. The molecule has 0 saturated carbocycles. The van der Waals surface area contributed by atoms with Gasteiger partial charge in [-0.15, -0.1) is 0 Å². The minimum atomic E-state index is 0.0649. The molecular formula is C20H27NO3. The van der Waals surface area contributed by atoms with Gasteiger partial charge in [0.2, 0.25) is 5.91 Å². The van der Waals surface area contributed by atoms with Gasteiger partial charge >= 0.3 is 0 Å². The molecule has 0 bridgehead atoms. The van der Waals surface area contributed by atoms with Gasteiger partial charge in [0.15, 0.2) is 0 Å². The first-order valence-electron chi connectivity index (χ1n) is 8.95. The van der Waals surface area contributed by atoms with Gasteiger partial charge < -0.3 is 14.4 Å². The van der Waals surface area contributed by atoms with Gasteiger partial charge in [0.25, 0.3) is 0 Å². The van der Waals surface area contributed by atoms with Crippen molar-refractivity contribution in [3.63, 3.8) is 0 Å². The van der Waals surface area contributed by atoms with Crippen LogP contribution in [0.2, 0.25) is 0 Å². The van der Waals surface area contributed by atoms with Crippen LogP contribution >= 0.6 is 0 Å². The monoisotopic (exact) mass is 329 g/mol. The van der Waals surface area contributed by atoms with Gasteiger partial charge in [-0.25, -0.2) is 0 Å². The summed E-state index contributed by atoms with van der Waals surface area (Å²) in [5, 5.41) is 0. The van der Waals surface area contributed by atoms with Crippen LogP contribution < -0.4 is 4.74 Å². The molecule has 0 aromatic heterocycles. The summed E-state index contributed by atoms with van der Waals surface area (Å²) < 4.78 is 11.2. The second kappa shape index (κ2) is 8.34. The SMILES string of the molecule is COc1cccc(CC2CN(C(=O)CC3=CCCCC3)CCO2)c1. The van der Waals surface area contributed by atoms with Crippen LogP contribution in [-0.4, -0.2) is 43.7 Å². The maximum atomic E-state index is 12.6. The van der Waals surface area contributed by atoms with Crippen LogP contribution in [0, 0.1) is 0 Å². The highest BCUT2D eigenvalue weighted by atomic mass is 16.5. The van der Waals surface area contributed by atoms with Crippen molar-refractivity contribution in [1.82, 2.24) is 4.90 Å². The lowest BCUT2D eigenvalue weighted by Gasteiger charge is -2.33. The zero-order valence-electron chi connectivity index (χ0n) is 14.5. The molecule has 1 aromatic carbocycles. The van der Waals surface area contributed by atoms with E-state index in [0.29, 0.717) is 26.1 Å². The normalized spacial score (nSPS) is 21.3. The Labute approximate surface area is 144 Å². The van der Waals surface area contributed by atoms with Crippen molar-refractivity contribution in [1.29, 1.82) is 0 Å². The van der Waals surface area contributed by atoms with Crippen molar-refractivity contribution in [2.45, 2.75) is 44.6 Å². The average Bonchev–Trinajstić information content (AvgIpc) is 2.63. The fraction of sp³-hybridized carbons (Fsp3) is 0.550. The quantitative estimate of drug-likeness (QED) is 0.778. The summed E-state index contributed by atoms with van der Waals surface area (Å²) in [6, 6.07) is 8.06. The van der Waals surface area contributed by atoms with E-state index in [0.717, 1.165) is 25.0 Å². The van der Waals surface area contributed by atoms with Crippen LogP contribution in [0.15, 0.2) is 35.9 Å². The summed E-state index contributed by atoms with van der Waals surface area (Å²) >= 11 is 0. The molecule has 1 fully saturated rings. The predicted molar refractivity (Wildman–Crippen MR) is 94.2 cm³/mol. The molecule has 1 aromatic rings. The molecule has 4 nitrogen and oxygen atoms in total. The number of benzene rings is 1. The molecule has 130 valence electrons. The molecule has 0 radical (unpaired) electrons. The number of methoxy groups -OCH3 is 1. The molecule has 1 aliphatic heterocycles. The molecular weight excluding hydrogens is 302 g/mol. The first kappa shape index (κ1) is 17.0. The van der Waals surface area contributed by atoms with Gasteiger partial charge in [-0.05, 0) is 43.4 Å². The summed E-state index contributed by atoms with van der Waals surface area (Å²) in [6.45, 7) is 2.02. The molecule has 1 saturated heterocycles. The van der Waals surface area contributed by atoms with Gasteiger partial charge in [0, 0.05) is 25.9 Å². The Hall–Kier alpha value is -1.81. The fourth-order valence-corrected chi connectivity index (χ4v) is 3.50. The Balaban J connectivity index is 1.55. The number of hydrogen-bond donors (Lipinski definition) is 0. The second-order valence-electron chi connectivity index (χ2n) is 6.67. The molecule has 2 aliphatic rings.